The van der Waals surface area contributed by atoms with Crippen LogP contribution in [0.2, 0.25) is 0 Å². The Morgan fingerprint density at radius 2 is 1.49 bits per heavy atom. The zero-order valence-electron chi connectivity index (χ0n) is 58.2. The highest BCUT2D eigenvalue weighted by molar-refractivity contribution is 6.39. The smallest absolute Gasteiger partial charge is 0.407 e. The monoisotopic (exact) mass is 1350 g/mol. The lowest BCUT2D eigenvalue weighted by Gasteiger charge is -2.43. The van der Waals surface area contributed by atoms with Crippen molar-refractivity contribution in [2.75, 3.05) is 91.9 Å². The lowest BCUT2D eigenvalue weighted by atomic mass is 9.80. The molecule has 0 radical (unpaired) electrons. The molecule has 4 aliphatic heterocycles. The number of aliphatic hydroxyl groups is 3. The number of aliphatic hydroxyl groups excluding tert-OH is 2. The molecular formula is C70H110N8O18. The Morgan fingerprint density at radius 3 is 2.19 bits per heavy atom. The summed E-state index contributed by atoms with van der Waals surface area (Å²) < 4.78 is 47.2. The van der Waals surface area contributed by atoms with Crippen molar-refractivity contribution in [1.82, 2.24) is 30.4 Å². The van der Waals surface area contributed by atoms with Crippen LogP contribution in [-0.2, 0) is 73.2 Å². The molecule has 538 valence electrons. The lowest BCUT2D eigenvalue weighted by Crippen LogP contribution is -2.61. The zero-order chi connectivity index (χ0) is 70.1. The lowest BCUT2D eigenvalue weighted by molar-refractivity contribution is -0.265. The number of allylic oxidation sites excluding steroid dienone is 5. The third kappa shape index (κ3) is 23.3. The van der Waals surface area contributed by atoms with Gasteiger partial charge in [-0.3, -0.25) is 24.0 Å². The summed E-state index contributed by atoms with van der Waals surface area (Å²) in [5.74, 6) is -7.62. The normalized spacial score (nSPS) is 32.7. The molecule has 7 N–H and O–H groups in total. The van der Waals surface area contributed by atoms with Crippen LogP contribution in [0.1, 0.15) is 144 Å². The van der Waals surface area contributed by atoms with E-state index < -0.39 is 114 Å². The maximum Gasteiger partial charge on any atom is 0.407 e. The summed E-state index contributed by atoms with van der Waals surface area (Å²) in [7, 11) is 4.58. The first-order valence-electron chi connectivity index (χ1n) is 34.5. The summed E-state index contributed by atoms with van der Waals surface area (Å²) >= 11 is 0. The summed E-state index contributed by atoms with van der Waals surface area (Å²) in [4.78, 5) is 109. The minimum atomic E-state index is -2.48. The van der Waals surface area contributed by atoms with Gasteiger partial charge in [-0.25, -0.2) is 19.6 Å². The molecule has 3 saturated heterocycles. The zero-order valence-corrected chi connectivity index (χ0v) is 58.2. The van der Waals surface area contributed by atoms with Gasteiger partial charge in [-0.2, -0.15) is 0 Å². The van der Waals surface area contributed by atoms with Gasteiger partial charge in [0, 0.05) is 135 Å². The molecule has 0 spiro atoms. The number of hydrogen-bond acceptors (Lipinski definition) is 22. The van der Waals surface area contributed by atoms with Crippen LogP contribution in [0.5, 0.6) is 0 Å². The summed E-state index contributed by atoms with van der Waals surface area (Å²) in [6.07, 6.45) is 11.5. The van der Waals surface area contributed by atoms with Crippen LogP contribution in [0, 0.1) is 29.6 Å². The molecule has 6 rings (SSSR count). The van der Waals surface area contributed by atoms with Crippen LogP contribution < -0.4 is 21.3 Å². The maximum absolute atomic E-state index is 14.8. The number of nitrogens with zero attached hydrogens (tertiary/aromatic N) is 5. The number of nitrogens with one attached hydrogen (secondary N) is 2. The molecule has 1 aliphatic carbocycles. The van der Waals surface area contributed by atoms with Crippen LogP contribution in [0.4, 0.5) is 10.7 Å². The third-order valence-corrected chi connectivity index (χ3v) is 19.4. The van der Waals surface area contributed by atoms with Crippen molar-refractivity contribution in [2.45, 2.75) is 212 Å². The van der Waals surface area contributed by atoms with E-state index in [9.17, 15) is 48.9 Å². The number of hydrogen-bond donors (Lipinski definition) is 6. The first kappa shape index (κ1) is 78.9. The fraction of sp³-hybridized carbons (Fsp3) is 0.729. The minimum Gasteiger partial charge on any atom is -0.459 e. The first-order valence-corrected chi connectivity index (χ1v) is 34.5. The van der Waals surface area contributed by atoms with Gasteiger partial charge in [-0.05, 0) is 108 Å². The SMILES string of the molecule is CCOCCC(=O)N1CCN(c2ncc(CNC(=O)CCOCCNC(=O)O[C@@H]3CC[C@@H](C[C@@H](N)[C@@H]4C[C@@H](OC)[C@H](C)/C=C(\C)[C@@H](O)[C@@H](O)C(=O)C(C)C[C@H](C)/C=C/C=C/C=C(\C)[C@@H](OC)C[C@@H]5CC[C@@H](C)[C@@](O)(O5)C(=O)C(=O)N5CCCC[C@H]5C(=O)O4)C[C@H]3OC)cn2)CC1. The molecular weight excluding hydrogens is 1240 g/mol. The van der Waals surface area contributed by atoms with E-state index in [1.54, 1.807) is 46.4 Å². The highest BCUT2D eigenvalue weighted by Crippen LogP contribution is 2.38. The first-order chi connectivity index (χ1) is 45.9. The van der Waals surface area contributed by atoms with E-state index in [1.807, 2.05) is 67.9 Å². The molecule has 1 aromatic heterocycles. The van der Waals surface area contributed by atoms with Crippen LogP contribution >= 0.6 is 0 Å². The number of ether oxygens (including phenoxy) is 8. The van der Waals surface area contributed by atoms with E-state index in [1.165, 1.54) is 19.1 Å². The van der Waals surface area contributed by atoms with Crippen molar-refractivity contribution in [3.05, 3.63) is 65.6 Å². The summed E-state index contributed by atoms with van der Waals surface area (Å²) in [6, 6.07) is -2.04. The molecule has 4 amide bonds. The molecule has 4 fully saturated rings. The number of fused-ring (bicyclic) bond motifs is 3. The summed E-state index contributed by atoms with van der Waals surface area (Å²) in [5, 5.41) is 40.3. The summed E-state index contributed by atoms with van der Waals surface area (Å²) in [6.45, 7) is 16.6. The standard InChI is InChI=1S/C70H110N8O18/c1-11-92-33-25-61(80)76-28-30-77(31-29-76)68-74-42-51(43-75-68)41-73-60(79)24-32-93-34-26-72-69(87)95-55-23-21-50(38-59(55)91-10)37-53(71)58-40-57(90-9)46(4)36-48(6)63(82)64(83)62(81)47(5)35-44(2)17-13-12-14-18-45(3)56(89-8)39-52-22-20-49(7)70(88,96-52)65(84)66(85)78-27-16-15-19-54(78)67(86)94-58/h12-14,17-18,36,42-44,46-47,49-50,52-59,63-64,82-83,88H,11,15-16,19-35,37-41,71H2,1-10H3,(H,72,87)(H,73,79)/b14-12+,17-13+,45-18+,48-36+/t44-,46-,47?,49-,50+,52+,53-,54+,55-,56+,57-,58+,59-,63-,64+,70-/m1/s1. The Hall–Kier alpha value is -6.07. The quantitative estimate of drug-likeness (QED) is 0.0433. The fourth-order valence-corrected chi connectivity index (χ4v) is 13.4. The van der Waals surface area contributed by atoms with Gasteiger partial charge >= 0.3 is 12.1 Å². The van der Waals surface area contributed by atoms with E-state index >= 15 is 0 Å². The van der Waals surface area contributed by atoms with Crippen LogP contribution in [0.25, 0.3) is 0 Å². The molecule has 5 heterocycles. The second-order valence-electron chi connectivity index (χ2n) is 26.6. The number of piperidine rings is 1. The van der Waals surface area contributed by atoms with E-state index in [-0.39, 0.29) is 82.2 Å². The number of nitrogens with two attached hydrogens (primary N) is 1. The molecule has 26 heteroatoms. The van der Waals surface area contributed by atoms with Crippen LogP contribution in [0.3, 0.4) is 0 Å². The number of carbonyl (C=O) groups is 7. The van der Waals surface area contributed by atoms with Crippen molar-refractivity contribution in [1.29, 1.82) is 0 Å². The predicted molar refractivity (Wildman–Crippen MR) is 356 cm³/mol. The highest BCUT2D eigenvalue weighted by atomic mass is 16.6. The Morgan fingerprint density at radius 1 is 0.771 bits per heavy atom. The number of cyclic esters (lactones) is 1. The highest BCUT2D eigenvalue weighted by Gasteiger charge is 2.53. The molecule has 16 atom stereocenters. The number of ketones is 2. The number of rotatable bonds is 20. The second kappa shape index (κ2) is 39.5. The van der Waals surface area contributed by atoms with Crippen molar-refractivity contribution in [2.24, 2.45) is 35.3 Å². The Labute approximate surface area is 566 Å². The van der Waals surface area contributed by atoms with E-state index in [2.05, 4.69) is 20.6 Å². The number of amides is 4. The average molecular weight is 1350 g/mol. The van der Waals surface area contributed by atoms with E-state index in [0.29, 0.717) is 115 Å². The fourth-order valence-electron chi connectivity index (χ4n) is 13.4. The number of Topliss-reactive ketones (excluding diaryl/α,β-unsaturated/α-hetero) is 2. The van der Waals surface area contributed by atoms with Gasteiger partial charge in [0.25, 0.3) is 11.7 Å². The van der Waals surface area contributed by atoms with Gasteiger partial charge in [-0.1, -0.05) is 64.2 Å². The van der Waals surface area contributed by atoms with Crippen LogP contribution in [0.15, 0.2) is 60.0 Å². The molecule has 0 aromatic carbocycles. The Balaban J connectivity index is 1.05. The van der Waals surface area contributed by atoms with Crippen molar-refractivity contribution < 1.29 is 86.8 Å². The third-order valence-electron chi connectivity index (χ3n) is 19.4. The van der Waals surface area contributed by atoms with Crippen molar-refractivity contribution in [3.8, 4) is 0 Å². The largest absolute Gasteiger partial charge is 0.459 e. The number of carbonyl (C=O) groups excluding carboxylic acids is 7. The predicted octanol–water partition coefficient (Wildman–Crippen LogP) is 4.99. The number of methoxy groups -OCH3 is 3. The molecule has 5 aliphatic rings. The topological polar surface area (TPSA) is 340 Å². The Bertz CT molecular complexity index is 2800. The number of alkyl carbamates (subject to hydrolysis) is 1. The van der Waals surface area contributed by atoms with Gasteiger partial charge in [0.15, 0.2) is 5.78 Å². The van der Waals surface area contributed by atoms with Gasteiger partial charge in [0.05, 0.1) is 50.7 Å². The van der Waals surface area contributed by atoms with E-state index in [4.69, 9.17) is 43.6 Å². The average Bonchev–Trinajstić information content (AvgIpc) is 0.775. The van der Waals surface area contributed by atoms with E-state index in [0.717, 1.165) is 11.1 Å². The van der Waals surface area contributed by atoms with Crippen molar-refractivity contribution >= 4 is 47.3 Å². The maximum atomic E-state index is 14.8. The van der Waals surface area contributed by atoms with Gasteiger partial charge in [-0.15, -0.1) is 0 Å². The molecule has 2 bridgehead atoms. The molecule has 96 heavy (non-hydrogen) atoms. The van der Waals surface area contributed by atoms with Gasteiger partial charge in [0.2, 0.25) is 23.5 Å². The second-order valence-corrected chi connectivity index (χ2v) is 26.6. The molecule has 26 nitrogen and oxygen atoms in total. The number of esters is 1. The Kier molecular flexibility index (Phi) is 32.5. The number of piperazine rings is 1. The number of aromatic nitrogens is 2. The summed E-state index contributed by atoms with van der Waals surface area (Å²) in [5.41, 5.74) is 9.03. The molecule has 1 aromatic rings. The van der Waals surface area contributed by atoms with Gasteiger partial charge < -0.3 is 84.3 Å². The van der Waals surface area contributed by atoms with Crippen LogP contribution in [-0.4, -0.2) is 230 Å². The molecule has 1 saturated carbocycles. The number of anilines is 1. The van der Waals surface area contributed by atoms with Gasteiger partial charge in [0.1, 0.15) is 30.5 Å². The van der Waals surface area contributed by atoms with Crippen molar-refractivity contribution in [3.63, 3.8) is 0 Å². The molecule has 1 unspecified atom stereocenters. The minimum absolute atomic E-state index is 0.0316.